The lowest BCUT2D eigenvalue weighted by Gasteiger charge is -2.34. The molecule has 0 fully saturated rings. The quantitative estimate of drug-likeness (QED) is 0.847. The first-order chi connectivity index (χ1) is 13.0. The first kappa shape index (κ1) is 18.9. The van der Waals surface area contributed by atoms with Gasteiger partial charge in [0.15, 0.2) is 6.10 Å². The van der Waals surface area contributed by atoms with Gasteiger partial charge in [0.1, 0.15) is 5.75 Å². The molecule has 1 heterocycles. The summed E-state index contributed by atoms with van der Waals surface area (Å²) in [7, 11) is 1.91. The van der Waals surface area contributed by atoms with E-state index in [1.54, 1.807) is 17.0 Å². The van der Waals surface area contributed by atoms with Crippen LogP contribution < -0.4 is 15.4 Å². The van der Waals surface area contributed by atoms with Crippen molar-refractivity contribution in [1.82, 2.24) is 4.90 Å². The molecule has 0 aliphatic carbocycles. The van der Waals surface area contributed by atoms with Gasteiger partial charge < -0.3 is 15.4 Å². The minimum atomic E-state index is -0.837. The van der Waals surface area contributed by atoms with Gasteiger partial charge in [0.25, 0.3) is 5.91 Å². The number of hydrogen-bond donors (Lipinski definition) is 1. The largest absolute Gasteiger partial charge is 0.477 e. The highest BCUT2D eigenvalue weighted by molar-refractivity contribution is 5.98. The Morgan fingerprint density at radius 3 is 2.48 bits per heavy atom. The van der Waals surface area contributed by atoms with E-state index in [-0.39, 0.29) is 19.0 Å². The average molecular weight is 367 g/mol. The molecule has 2 aromatic rings. The molecule has 6 nitrogen and oxygen atoms in total. The molecule has 3 rings (SSSR count). The molecule has 0 bridgehead atoms. The van der Waals surface area contributed by atoms with Crippen LogP contribution in [-0.2, 0) is 22.6 Å². The predicted octanol–water partition coefficient (Wildman–Crippen LogP) is 1.96. The maximum atomic E-state index is 12.9. The van der Waals surface area contributed by atoms with E-state index in [1.807, 2.05) is 24.1 Å². The minimum absolute atomic E-state index is 0.0929. The number of anilines is 1. The van der Waals surface area contributed by atoms with Gasteiger partial charge in [0, 0.05) is 6.54 Å². The van der Waals surface area contributed by atoms with Gasteiger partial charge >= 0.3 is 0 Å². The normalized spacial score (nSPS) is 16.0. The molecule has 2 aromatic carbocycles. The average Bonchev–Trinajstić information content (AvgIpc) is 2.67. The van der Waals surface area contributed by atoms with E-state index in [9.17, 15) is 9.59 Å². The van der Waals surface area contributed by atoms with Crippen LogP contribution in [0.15, 0.2) is 48.5 Å². The van der Waals surface area contributed by atoms with Gasteiger partial charge in [-0.15, -0.1) is 0 Å². The zero-order valence-corrected chi connectivity index (χ0v) is 15.7. The van der Waals surface area contributed by atoms with Crippen LogP contribution >= 0.6 is 0 Å². The van der Waals surface area contributed by atoms with Crippen LogP contribution in [0.25, 0.3) is 0 Å². The predicted molar refractivity (Wildman–Crippen MR) is 105 cm³/mol. The van der Waals surface area contributed by atoms with E-state index in [4.69, 9.17) is 10.5 Å². The van der Waals surface area contributed by atoms with Crippen molar-refractivity contribution < 1.29 is 14.3 Å². The van der Waals surface area contributed by atoms with Crippen molar-refractivity contribution in [1.29, 1.82) is 0 Å². The number of aryl methyl sites for hydroxylation is 1. The molecule has 0 unspecified atom stereocenters. The van der Waals surface area contributed by atoms with Gasteiger partial charge in [-0.1, -0.05) is 43.3 Å². The molecule has 6 heteroatoms. The number of fused-ring (bicyclic) bond motifs is 1. The Labute approximate surface area is 159 Å². The van der Waals surface area contributed by atoms with Crippen molar-refractivity contribution in [2.24, 2.45) is 5.73 Å². The van der Waals surface area contributed by atoms with Crippen molar-refractivity contribution in [2.45, 2.75) is 26.0 Å². The van der Waals surface area contributed by atoms with Crippen LogP contribution in [0.2, 0.25) is 0 Å². The highest BCUT2D eigenvalue weighted by Crippen LogP contribution is 2.33. The zero-order chi connectivity index (χ0) is 19.4. The minimum Gasteiger partial charge on any atom is -0.477 e. The summed E-state index contributed by atoms with van der Waals surface area (Å²) in [6, 6.07) is 15.6. The second kappa shape index (κ2) is 8.22. The fourth-order valence-electron chi connectivity index (χ4n) is 3.18. The Morgan fingerprint density at radius 2 is 1.81 bits per heavy atom. The van der Waals surface area contributed by atoms with E-state index >= 15 is 0 Å². The summed E-state index contributed by atoms with van der Waals surface area (Å²) in [4.78, 5) is 28.1. The Kier molecular flexibility index (Phi) is 5.76. The number of amides is 2. The van der Waals surface area contributed by atoms with E-state index in [2.05, 4.69) is 31.2 Å². The third-order valence-electron chi connectivity index (χ3n) is 4.68. The first-order valence-electron chi connectivity index (χ1n) is 9.09. The number of carbonyl (C=O) groups is 2. The standard InChI is InChI=1S/C21H25N3O3/c1-3-15-8-10-16(11-9-15)12-23(2)14-20(25)24-13-19(21(22)26)27-18-7-5-4-6-17(18)24/h4-11,19H,3,12-14H2,1-2H3,(H2,22,26)/t19-/m1/s1. The Morgan fingerprint density at radius 1 is 1.15 bits per heavy atom. The molecule has 27 heavy (non-hydrogen) atoms. The highest BCUT2D eigenvalue weighted by Gasteiger charge is 2.32. The lowest BCUT2D eigenvalue weighted by atomic mass is 10.1. The highest BCUT2D eigenvalue weighted by atomic mass is 16.5. The molecular formula is C21H25N3O3. The number of primary amides is 1. The molecule has 0 radical (unpaired) electrons. The summed E-state index contributed by atoms with van der Waals surface area (Å²) in [5.41, 5.74) is 8.51. The van der Waals surface area contributed by atoms with Gasteiger partial charge in [-0.25, -0.2) is 0 Å². The van der Waals surface area contributed by atoms with Crippen LogP contribution in [0, 0.1) is 0 Å². The van der Waals surface area contributed by atoms with Gasteiger partial charge in [0.05, 0.1) is 18.8 Å². The summed E-state index contributed by atoms with van der Waals surface area (Å²) >= 11 is 0. The molecule has 2 N–H and O–H groups in total. The molecule has 2 amide bonds. The number of likely N-dealkylation sites (N-methyl/N-ethyl adjacent to an activating group) is 1. The van der Waals surface area contributed by atoms with Crippen LogP contribution in [-0.4, -0.2) is 43.0 Å². The fourth-order valence-corrected chi connectivity index (χ4v) is 3.18. The number of benzene rings is 2. The maximum Gasteiger partial charge on any atom is 0.260 e. The van der Waals surface area contributed by atoms with Gasteiger partial charge in [-0.2, -0.15) is 0 Å². The number of hydrogen-bond acceptors (Lipinski definition) is 4. The van der Waals surface area contributed by atoms with Crippen molar-refractivity contribution in [2.75, 3.05) is 25.0 Å². The molecule has 142 valence electrons. The molecular weight excluding hydrogens is 342 g/mol. The molecule has 1 aliphatic rings. The molecule has 0 saturated carbocycles. The SMILES string of the molecule is CCc1ccc(CN(C)CC(=O)N2C[C@H](C(N)=O)Oc3ccccc32)cc1. The lowest BCUT2D eigenvalue weighted by molar-refractivity contribution is -0.125. The van der Waals surface area contributed by atoms with Gasteiger partial charge in [-0.3, -0.25) is 14.5 Å². The maximum absolute atomic E-state index is 12.9. The van der Waals surface area contributed by atoms with Crippen molar-refractivity contribution in [3.63, 3.8) is 0 Å². The van der Waals surface area contributed by atoms with Crippen LogP contribution in [0.4, 0.5) is 5.69 Å². The smallest absolute Gasteiger partial charge is 0.260 e. The summed E-state index contributed by atoms with van der Waals surface area (Å²) in [6.45, 7) is 3.15. The van der Waals surface area contributed by atoms with Gasteiger partial charge in [0.2, 0.25) is 5.91 Å². The molecule has 0 aromatic heterocycles. The Hall–Kier alpha value is -2.86. The summed E-state index contributed by atoms with van der Waals surface area (Å²) in [5, 5.41) is 0. The topological polar surface area (TPSA) is 75.9 Å². The third-order valence-corrected chi connectivity index (χ3v) is 4.68. The van der Waals surface area contributed by atoms with E-state index in [0.717, 1.165) is 12.0 Å². The van der Waals surface area contributed by atoms with E-state index < -0.39 is 12.0 Å². The monoisotopic (exact) mass is 367 g/mol. The number of ether oxygens (including phenoxy) is 1. The van der Waals surface area contributed by atoms with Crippen LogP contribution in [0.5, 0.6) is 5.75 Å². The Bertz CT molecular complexity index is 820. The molecule has 0 saturated heterocycles. The van der Waals surface area contributed by atoms with Crippen molar-refractivity contribution in [3.8, 4) is 5.75 Å². The van der Waals surface area contributed by atoms with Gasteiger partial charge in [-0.05, 0) is 36.7 Å². The molecule has 1 atom stereocenters. The number of nitrogens with zero attached hydrogens (tertiary/aromatic N) is 2. The second-order valence-corrected chi connectivity index (χ2v) is 6.82. The fraction of sp³-hybridized carbons (Fsp3) is 0.333. The first-order valence-corrected chi connectivity index (χ1v) is 9.09. The summed E-state index contributed by atoms with van der Waals surface area (Å²) < 4.78 is 5.61. The van der Waals surface area contributed by atoms with Crippen LogP contribution in [0.3, 0.4) is 0 Å². The van der Waals surface area contributed by atoms with Crippen molar-refractivity contribution in [3.05, 3.63) is 59.7 Å². The van der Waals surface area contributed by atoms with Crippen molar-refractivity contribution >= 4 is 17.5 Å². The lowest BCUT2D eigenvalue weighted by Crippen LogP contribution is -2.51. The number of nitrogens with two attached hydrogens (primary N) is 1. The van der Waals surface area contributed by atoms with E-state index in [1.165, 1.54) is 5.56 Å². The van der Waals surface area contributed by atoms with Crippen LogP contribution in [0.1, 0.15) is 18.1 Å². The second-order valence-electron chi connectivity index (χ2n) is 6.82. The molecule has 1 aliphatic heterocycles. The Balaban J connectivity index is 1.69. The summed E-state index contributed by atoms with van der Waals surface area (Å²) in [5.74, 6) is -0.171. The molecule has 0 spiro atoms. The number of rotatable bonds is 6. The van der Waals surface area contributed by atoms with E-state index in [0.29, 0.717) is 18.0 Å². The number of para-hydroxylation sites is 2. The summed E-state index contributed by atoms with van der Waals surface area (Å²) in [6.07, 6.45) is 0.169. The third kappa shape index (κ3) is 4.46. The zero-order valence-electron chi connectivity index (χ0n) is 15.7. The number of carbonyl (C=O) groups excluding carboxylic acids is 2.